The molecule has 2 rings (SSSR count). The van der Waals surface area contributed by atoms with E-state index in [-0.39, 0.29) is 18.9 Å². The average molecular weight is 375 g/mol. The zero-order valence-corrected chi connectivity index (χ0v) is 15.5. The predicted molar refractivity (Wildman–Crippen MR) is 98.6 cm³/mol. The molecule has 0 atom stereocenters. The number of carbonyl (C=O) groups excluding carboxylic acids is 3. The summed E-state index contributed by atoms with van der Waals surface area (Å²) in [4.78, 5) is 39.0. The third-order valence-electron chi connectivity index (χ3n) is 3.33. The lowest BCUT2D eigenvalue weighted by Crippen LogP contribution is -2.38. The van der Waals surface area contributed by atoms with Gasteiger partial charge in [0.15, 0.2) is 6.61 Å². The Bertz CT molecular complexity index is 788. The van der Waals surface area contributed by atoms with Crippen molar-refractivity contribution in [1.82, 2.24) is 15.6 Å². The van der Waals surface area contributed by atoms with Gasteiger partial charge in [0.05, 0.1) is 18.7 Å². The quantitative estimate of drug-likeness (QED) is 0.681. The van der Waals surface area contributed by atoms with Gasteiger partial charge in [-0.1, -0.05) is 23.8 Å². The summed E-state index contributed by atoms with van der Waals surface area (Å²) in [5.74, 6) is -1.36. The topological polar surface area (TPSA) is 97.4 Å². The number of aromatic nitrogens is 1. The van der Waals surface area contributed by atoms with Gasteiger partial charge < -0.3 is 15.4 Å². The Labute approximate surface area is 155 Å². The highest BCUT2D eigenvalue weighted by Crippen LogP contribution is 2.24. The van der Waals surface area contributed by atoms with E-state index in [4.69, 9.17) is 4.74 Å². The molecule has 2 N–H and O–H groups in total. The van der Waals surface area contributed by atoms with Crippen LogP contribution in [0.3, 0.4) is 0 Å². The third-order valence-corrected chi connectivity index (χ3v) is 4.27. The highest BCUT2D eigenvalue weighted by atomic mass is 32.1. The first kappa shape index (κ1) is 19.6. The van der Waals surface area contributed by atoms with E-state index >= 15 is 0 Å². The van der Waals surface area contributed by atoms with Crippen LogP contribution in [0.25, 0.3) is 10.6 Å². The molecule has 0 fully saturated rings. The van der Waals surface area contributed by atoms with Gasteiger partial charge in [0, 0.05) is 17.5 Å². The number of nitrogens with zero attached hydrogens (tertiary/aromatic N) is 1. The molecule has 0 saturated carbocycles. The van der Waals surface area contributed by atoms with Crippen LogP contribution < -0.4 is 10.6 Å². The van der Waals surface area contributed by atoms with Crippen molar-refractivity contribution >= 4 is 29.1 Å². The van der Waals surface area contributed by atoms with E-state index in [9.17, 15) is 14.4 Å². The number of aryl methyl sites for hydroxylation is 1. The second-order valence-corrected chi connectivity index (χ2v) is 6.44. The molecule has 138 valence electrons. The second-order valence-electron chi connectivity index (χ2n) is 5.58. The number of nitrogens with one attached hydrogen (secondary N) is 2. The second kappa shape index (κ2) is 9.67. The van der Waals surface area contributed by atoms with Crippen molar-refractivity contribution in [2.24, 2.45) is 0 Å². The molecule has 0 radical (unpaired) electrons. The van der Waals surface area contributed by atoms with E-state index in [0.29, 0.717) is 12.2 Å². The number of carbonyl (C=O) groups is 3. The monoisotopic (exact) mass is 375 g/mol. The Morgan fingerprint density at radius 2 is 2.00 bits per heavy atom. The highest BCUT2D eigenvalue weighted by molar-refractivity contribution is 7.13. The van der Waals surface area contributed by atoms with Gasteiger partial charge in [0.25, 0.3) is 5.91 Å². The van der Waals surface area contributed by atoms with Gasteiger partial charge >= 0.3 is 5.97 Å². The van der Waals surface area contributed by atoms with Crippen LogP contribution in [0.5, 0.6) is 0 Å². The van der Waals surface area contributed by atoms with Crippen molar-refractivity contribution in [1.29, 1.82) is 0 Å². The summed E-state index contributed by atoms with van der Waals surface area (Å²) in [6.45, 7) is 3.71. The smallest absolute Gasteiger partial charge is 0.312 e. The summed E-state index contributed by atoms with van der Waals surface area (Å²) in [5.41, 5.74) is 2.73. The minimum Gasteiger partial charge on any atom is -0.455 e. The van der Waals surface area contributed by atoms with E-state index < -0.39 is 18.5 Å². The fourth-order valence-electron chi connectivity index (χ4n) is 2.13. The van der Waals surface area contributed by atoms with Gasteiger partial charge in [0.1, 0.15) is 5.01 Å². The Morgan fingerprint density at radius 1 is 1.19 bits per heavy atom. The third kappa shape index (κ3) is 6.29. The summed E-state index contributed by atoms with van der Waals surface area (Å²) in [5, 5.41) is 7.55. The molecule has 1 aromatic carbocycles. The molecule has 0 unspecified atom stereocenters. The molecule has 0 aliphatic heterocycles. The van der Waals surface area contributed by atoms with Crippen LogP contribution in [-0.2, 0) is 25.5 Å². The maximum Gasteiger partial charge on any atom is 0.312 e. The Hall–Kier alpha value is -2.74. The molecular formula is C18H21N3O4S. The number of hydrogen-bond donors (Lipinski definition) is 2. The van der Waals surface area contributed by atoms with Crippen LogP contribution in [0.2, 0.25) is 0 Å². The molecule has 0 aliphatic carbocycles. The number of ether oxygens (including phenoxy) is 1. The molecular weight excluding hydrogens is 354 g/mol. The van der Waals surface area contributed by atoms with Crippen molar-refractivity contribution < 1.29 is 19.1 Å². The lowest BCUT2D eigenvalue weighted by Gasteiger charge is -2.06. The summed E-state index contributed by atoms with van der Waals surface area (Å²) < 4.78 is 4.92. The maximum absolute atomic E-state index is 11.8. The van der Waals surface area contributed by atoms with Crippen molar-refractivity contribution in [2.45, 2.75) is 20.3 Å². The van der Waals surface area contributed by atoms with E-state index in [2.05, 4.69) is 15.6 Å². The summed E-state index contributed by atoms with van der Waals surface area (Å²) in [7, 11) is 0. The van der Waals surface area contributed by atoms with Crippen LogP contribution in [0, 0.1) is 6.92 Å². The van der Waals surface area contributed by atoms with E-state index in [1.54, 1.807) is 12.3 Å². The number of amides is 2. The zero-order chi connectivity index (χ0) is 18.9. The standard InChI is InChI=1S/C18H21N3O4S/c1-3-19-15(22)9-20-16(23)10-25-17(24)8-14-11-26-18(21-14)13-6-4-5-12(2)7-13/h4-7,11H,3,8-10H2,1-2H3,(H,19,22)(H,20,23). The number of esters is 1. The molecule has 26 heavy (non-hydrogen) atoms. The maximum atomic E-state index is 11.8. The van der Waals surface area contributed by atoms with Gasteiger partial charge in [-0.2, -0.15) is 0 Å². The summed E-state index contributed by atoms with van der Waals surface area (Å²) in [6.07, 6.45) is -0.00802. The highest BCUT2D eigenvalue weighted by Gasteiger charge is 2.12. The lowest BCUT2D eigenvalue weighted by molar-refractivity contribution is -0.148. The lowest BCUT2D eigenvalue weighted by atomic mass is 10.1. The Balaban J connectivity index is 1.78. The Morgan fingerprint density at radius 3 is 2.73 bits per heavy atom. The molecule has 0 bridgehead atoms. The zero-order valence-electron chi connectivity index (χ0n) is 14.7. The number of benzene rings is 1. The van der Waals surface area contributed by atoms with Gasteiger partial charge in [-0.05, 0) is 19.9 Å². The first-order valence-electron chi connectivity index (χ1n) is 8.18. The fraction of sp³-hybridized carbons (Fsp3) is 0.333. The van der Waals surface area contributed by atoms with Crippen LogP contribution in [0.15, 0.2) is 29.6 Å². The largest absolute Gasteiger partial charge is 0.455 e. The van der Waals surface area contributed by atoms with Gasteiger partial charge in [-0.25, -0.2) is 4.98 Å². The minimum atomic E-state index is -0.542. The van der Waals surface area contributed by atoms with Crippen LogP contribution in [0.1, 0.15) is 18.2 Å². The first-order chi connectivity index (χ1) is 12.5. The summed E-state index contributed by atoms with van der Waals surface area (Å²) >= 11 is 1.45. The molecule has 2 aromatic rings. The van der Waals surface area contributed by atoms with Crippen molar-refractivity contribution in [3.05, 3.63) is 40.9 Å². The number of thiazole rings is 1. The average Bonchev–Trinajstić information content (AvgIpc) is 3.07. The van der Waals surface area contributed by atoms with E-state index in [1.807, 2.05) is 31.2 Å². The number of rotatable bonds is 8. The molecule has 1 heterocycles. The molecule has 0 aliphatic rings. The van der Waals surface area contributed by atoms with Gasteiger partial charge in [-0.15, -0.1) is 11.3 Å². The molecule has 8 heteroatoms. The fourth-order valence-corrected chi connectivity index (χ4v) is 2.95. The van der Waals surface area contributed by atoms with Crippen LogP contribution >= 0.6 is 11.3 Å². The van der Waals surface area contributed by atoms with Crippen molar-refractivity contribution in [2.75, 3.05) is 19.7 Å². The molecule has 7 nitrogen and oxygen atoms in total. The molecule has 1 aromatic heterocycles. The molecule has 0 saturated heterocycles. The van der Waals surface area contributed by atoms with Gasteiger partial charge in [0.2, 0.25) is 5.91 Å². The SMILES string of the molecule is CCNC(=O)CNC(=O)COC(=O)Cc1csc(-c2cccc(C)c2)n1. The van der Waals surface area contributed by atoms with Crippen molar-refractivity contribution in [3.63, 3.8) is 0 Å². The number of likely N-dealkylation sites (N-methyl/N-ethyl adjacent to an activating group) is 1. The molecule has 2 amide bonds. The van der Waals surface area contributed by atoms with E-state index in [1.165, 1.54) is 11.3 Å². The summed E-state index contributed by atoms with van der Waals surface area (Å²) in [6, 6.07) is 7.96. The van der Waals surface area contributed by atoms with Crippen LogP contribution in [0.4, 0.5) is 0 Å². The normalized spacial score (nSPS) is 10.2. The van der Waals surface area contributed by atoms with Crippen molar-refractivity contribution in [3.8, 4) is 10.6 Å². The predicted octanol–water partition coefficient (Wildman–Crippen LogP) is 1.46. The van der Waals surface area contributed by atoms with Gasteiger partial charge in [-0.3, -0.25) is 14.4 Å². The number of hydrogen-bond acceptors (Lipinski definition) is 6. The minimum absolute atomic E-state index is 0.00802. The Kier molecular flexibility index (Phi) is 7.28. The first-order valence-corrected chi connectivity index (χ1v) is 9.06. The van der Waals surface area contributed by atoms with Crippen LogP contribution in [-0.4, -0.2) is 42.5 Å². The molecule has 0 spiro atoms. The van der Waals surface area contributed by atoms with E-state index in [0.717, 1.165) is 16.1 Å².